The first kappa shape index (κ1) is 9.33. The highest BCUT2D eigenvalue weighted by atomic mass is 35.5. The van der Waals surface area contributed by atoms with Crippen LogP contribution < -0.4 is 4.74 Å². The number of rotatable bonds is 3. The lowest BCUT2D eigenvalue weighted by Gasteiger charge is -2.16. The number of hydrogen-bond acceptors (Lipinski definition) is 2. The Morgan fingerprint density at radius 1 is 1.42 bits per heavy atom. The van der Waals surface area contributed by atoms with Gasteiger partial charge in [-0.15, -0.1) is 11.6 Å². The molecule has 0 aliphatic rings. The molecule has 0 aliphatic carbocycles. The molecule has 1 aromatic heterocycles. The van der Waals surface area contributed by atoms with Crippen LogP contribution in [0.15, 0.2) is 24.5 Å². The Morgan fingerprint density at radius 3 is 2.50 bits per heavy atom. The molecule has 0 atom stereocenters. The summed E-state index contributed by atoms with van der Waals surface area (Å²) in [6.45, 7) is 4.32. The molecule has 1 heterocycles. The van der Waals surface area contributed by atoms with E-state index in [1.807, 2.05) is 26.0 Å². The molecule has 0 unspecified atom stereocenters. The molecule has 0 saturated heterocycles. The highest BCUT2D eigenvalue weighted by molar-refractivity contribution is 6.23. The molecule has 0 N–H and O–H groups in total. The normalized spacial score (nSPS) is 11.2. The van der Waals surface area contributed by atoms with Crippen molar-refractivity contribution in [3.05, 3.63) is 24.5 Å². The van der Waals surface area contributed by atoms with Gasteiger partial charge in [-0.1, -0.05) is 0 Å². The van der Waals surface area contributed by atoms with Gasteiger partial charge in [-0.25, -0.2) is 0 Å². The van der Waals surface area contributed by atoms with Crippen molar-refractivity contribution in [2.24, 2.45) is 0 Å². The van der Waals surface area contributed by atoms with Crippen LogP contribution in [0.3, 0.4) is 0 Å². The van der Waals surface area contributed by atoms with E-state index in [0.717, 1.165) is 5.75 Å². The molecular weight excluding hydrogens is 174 g/mol. The van der Waals surface area contributed by atoms with E-state index in [9.17, 15) is 0 Å². The number of pyridine rings is 1. The van der Waals surface area contributed by atoms with Crippen molar-refractivity contribution in [1.29, 1.82) is 0 Å². The minimum atomic E-state index is -0.316. The molecule has 0 saturated carbocycles. The Hall–Kier alpha value is -0.760. The first-order chi connectivity index (χ1) is 5.58. The maximum Gasteiger partial charge on any atom is 0.122 e. The van der Waals surface area contributed by atoms with Gasteiger partial charge in [0.2, 0.25) is 0 Å². The molecule has 0 fully saturated rings. The summed E-state index contributed by atoms with van der Waals surface area (Å²) in [7, 11) is 0. The lowest BCUT2D eigenvalue weighted by molar-refractivity contribution is 0.284. The fourth-order valence-electron chi connectivity index (χ4n) is 0.689. The number of nitrogens with zero attached hydrogens (tertiary/aromatic N) is 1. The predicted octanol–water partition coefficient (Wildman–Crippen LogP) is 2.48. The van der Waals surface area contributed by atoms with Gasteiger partial charge in [0.1, 0.15) is 12.4 Å². The molecule has 1 aromatic rings. The van der Waals surface area contributed by atoms with Crippen LogP contribution in [0, 0.1) is 0 Å². The quantitative estimate of drug-likeness (QED) is 0.675. The van der Waals surface area contributed by atoms with Crippen molar-refractivity contribution >= 4 is 11.6 Å². The Labute approximate surface area is 77.5 Å². The van der Waals surface area contributed by atoms with Crippen molar-refractivity contribution in [3.8, 4) is 5.75 Å². The summed E-state index contributed by atoms with van der Waals surface area (Å²) in [5, 5.41) is 0. The van der Waals surface area contributed by atoms with Gasteiger partial charge in [-0.05, 0) is 26.0 Å². The zero-order valence-electron chi connectivity index (χ0n) is 7.25. The minimum Gasteiger partial charge on any atom is -0.492 e. The van der Waals surface area contributed by atoms with E-state index in [1.54, 1.807) is 12.4 Å². The third-order valence-electron chi connectivity index (χ3n) is 1.23. The Kier molecular flexibility index (Phi) is 2.93. The van der Waals surface area contributed by atoms with Gasteiger partial charge >= 0.3 is 0 Å². The lowest BCUT2D eigenvalue weighted by Crippen LogP contribution is -2.21. The van der Waals surface area contributed by atoms with E-state index in [0.29, 0.717) is 6.61 Å². The van der Waals surface area contributed by atoms with Gasteiger partial charge in [0.15, 0.2) is 0 Å². The van der Waals surface area contributed by atoms with Crippen LogP contribution in [0.25, 0.3) is 0 Å². The van der Waals surface area contributed by atoms with Crippen LogP contribution in [0.2, 0.25) is 0 Å². The molecule has 0 amide bonds. The van der Waals surface area contributed by atoms with Crippen LogP contribution in [-0.4, -0.2) is 16.5 Å². The number of halogens is 1. The van der Waals surface area contributed by atoms with E-state index in [1.165, 1.54) is 0 Å². The van der Waals surface area contributed by atoms with E-state index in [2.05, 4.69) is 4.98 Å². The highest BCUT2D eigenvalue weighted by Gasteiger charge is 2.13. The number of aromatic nitrogens is 1. The van der Waals surface area contributed by atoms with Crippen molar-refractivity contribution in [1.82, 2.24) is 4.98 Å². The van der Waals surface area contributed by atoms with Crippen molar-refractivity contribution in [3.63, 3.8) is 0 Å². The van der Waals surface area contributed by atoms with Crippen LogP contribution >= 0.6 is 11.6 Å². The highest BCUT2D eigenvalue weighted by Crippen LogP contribution is 2.15. The topological polar surface area (TPSA) is 22.1 Å². The largest absolute Gasteiger partial charge is 0.492 e. The SMILES string of the molecule is CC(C)(Cl)COc1ccncc1. The number of alkyl halides is 1. The monoisotopic (exact) mass is 185 g/mol. The first-order valence-electron chi connectivity index (χ1n) is 3.80. The molecule has 0 bridgehead atoms. The van der Waals surface area contributed by atoms with Crippen LogP contribution in [0.1, 0.15) is 13.8 Å². The molecule has 3 heteroatoms. The molecule has 12 heavy (non-hydrogen) atoms. The summed E-state index contributed by atoms with van der Waals surface area (Å²) in [4.78, 5) is 3.56. The first-order valence-corrected chi connectivity index (χ1v) is 4.17. The van der Waals surface area contributed by atoms with E-state index in [4.69, 9.17) is 16.3 Å². The predicted molar refractivity (Wildman–Crippen MR) is 49.7 cm³/mol. The maximum atomic E-state index is 5.94. The van der Waals surface area contributed by atoms with Crippen molar-refractivity contribution in [2.75, 3.05) is 6.61 Å². The van der Waals surface area contributed by atoms with Gasteiger partial charge in [-0.2, -0.15) is 0 Å². The Bertz CT molecular complexity index is 230. The molecule has 0 radical (unpaired) electrons. The average molecular weight is 186 g/mol. The minimum absolute atomic E-state index is 0.316. The molecule has 1 rings (SSSR count). The summed E-state index contributed by atoms with van der Waals surface area (Å²) in [5.41, 5.74) is 0. The van der Waals surface area contributed by atoms with Crippen molar-refractivity contribution in [2.45, 2.75) is 18.7 Å². The zero-order chi connectivity index (χ0) is 9.03. The number of hydrogen-bond donors (Lipinski definition) is 0. The average Bonchev–Trinajstić information content (AvgIpc) is 2.02. The van der Waals surface area contributed by atoms with Gasteiger partial charge in [0, 0.05) is 12.4 Å². The molecule has 2 nitrogen and oxygen atoms in total. The fourth-order valence-corrected chi connectivity index (χ4v) is 0.744. The van der Waals surface area contributed by atoms with E-state index in [-0.39, 0.29) is 4.87 Å². The molecule has 0 spiro atoms. The van der Waals surface area contributed by atoms with Gasteiger partial charge in [0.05, 0.1) is 4.87 Å². The third-order valence-corrected chi connectivity index (χ3v) is 1.34. The molecule has 0 aliphatic heterocycles. The van der Waals surface area contributed by atoms with Crippen LogP contribution in [0.5, 0.6) is 5.75 Å². The fraction of sp³-hybridized carbons (Fsp3) is 0.444. The summed E-state index contributed by atoms with van der Waals surface area (Å²) in [6.07, 6.45) is 3.38. The second-order valence-corrected chi connectivity index (χ2v) is 4.21. The smallest absolute Gasteiger partial charge is 0.122 e. The van der Waals surface area contributed by atoms with E-state index >= 15 is 0 Å². The van der Waals surface area contributed by atoms with Gasteiger partial charge < -0.3 is 4.74 Å². The van der Waals surface area contributed by atoms with E-state index < -0.39 is 0 Å². The maximum absolute atomic E-state index is 5.94. The second-order valence-electron chi connectivity index (χ2n) is 3.19. The number of ether oxygens (including phenoxy) is 1. The van der Waals surface area contributed by atoms with Gasteiger partial charge in [-0.3, -0.25) is 4.98 Å². The standard InChI is InChI=1S/C9H12ClNO/c1-9(2,10)7-12-8-3-5-11-6-4-8/h3-6H,7H2,1-2H3. The summed E-state index contributed by atoms with van der Waals surface area (Å²) in [6, 6.07) is 3.62. The summed E-state index contributed by atoms with van der Waals surface area (Å²) in [5.74, 6) is 0.804. The van der Waals surface area contributed by atoms with Crippen molar-refractivity contribution < 1.29 is 4.74 Å². The molecular formula is C9H12ClNO. The lowest BCUT2D eigenvalue weighted by atomic mass is 10.2. The van der Waals surface area contributed by atoms with Crippen LogP contribution in [-0.2, 0) is 0 Å². The van der Waals surface area contributed by atoms with Crippen LogP contribution in [0.4, 0.5) is 0 Å². The Balaban J connectivity index is 2.44. The molecule has 0 aromatic carbocycles. The van der Waals surface area contributed by atoms with Gasteiger partial charge in [0.25, 0.3) is 0 Å². The summed E-state index contributed by atoms with van der Waals surface area (Å²) >= 11 is 5.94. The summed E-state index contributed by atoms with van der Waals surface area (Å²) < 4.78 is 5.40. The molecule has 66 valence electrons. The Morgan fingerprint density at radius 2 is 2.00 bits per heavy atom. The zero-order valence-corrected chi connectivity index (χ0v) is 8.01. The second kappa shape index (κ2) is 3.76. The third kappa shape index (κ3) is 3.58.